The second kappa shape index (κ2) is 8.01. The van der Waals surface area contributed by atoms with Crippen molar-refractivity contribution in [3.05, 3.63) is 23.4 Å². The molecule has 0 spiro atoms. The van der Waals surface area contributed by atoms with E-state index in [2.05, 4.69) is 15.5 Å². The first-order valence-electron chi connectivity index (χ1n) is 8.08. The third-order valence-electron chi connectivity index (χ3n) is 4.14. The van der Waals surface area contributed by atoms with Crippen LogP contribution in [-0.4, -0.2) is 44.2 Å². The molecule has 1 amide bonds. The molecule has 0 radical (unpaired) electrons. The van der Waals surface area contributed by atoms with Crippen LogP contribution in [0, 0.1) is 0 Å². The summed E-state index contributed by atoms with van der Waals surface area (Å²) in [5, 5.41) is 18.1. The number of aromatic nitrogens is 2. The zero-order valence-corrected chi connectivity index (χ0v) is 15.2. The number of thiophene rings is 1. The highest BCUT2D eigenvalue weighted by Gasteiger charge is 2.41. The van der Waals surface area contributed by atoms with Gasteiger partial charge in [0.1, 0.15) is 5.54 Å². The molecule has 1 saturated heterocycles. The minimum Gasteiger partial charge on any atom is -0.480 e. The number of hydrogen-bond donors (Lipinski definition) is 2. The van der Waals surface area contributed by atoms with Crippen molar-refractivity contribution >= 4 is 35.0 Å². The first kappa shape index (κ1) is 17.9. The Balaban J connectivity index is 1.48. The molecule has 0 atom stereocenters. The fourth-order valence-electron chi connectivity index (χ4n) is 2.70. The number of hydrogen-bond acceptors (Lipinski definition) is 7. The molecule has 7 nitrogen and oxygen atoms in total. The average Bonchev–Trinajstić information content (AvgIpc) is 3.27. The Morgan fingerprint density at radius 2 is 2.16 bits per heavy atom. The fraction of sp³-hybridized carbons (Fsp3) is 0.500. The molecular formula is C16H19N3O4S2. The van der Waals surface area contributed by atoms with Crippen molar-refractivity contribution in [1.29, 1.82) is 0 Å². The summed E-state index contributed by atoms with van der Waals surface area (Å²) in [5.74, 6) is 1.35. The number of carbonyl (C=O) groups is 2. The van der Waals surface area contributed by atoms with Gasteiger partial charge >= 0.3 is 5.97 Å². The van der Waals surface area contributed by atoms with Crippen LogP contribution in [-0.2, 0) is 16.0 Å². The van der Waals surface area contributed by atoms with Crippen LogP contribution in [0.25, 0.3) is 10.7 Å². The number of aryl methyl sites for hydroxylation is 1. The Hall–Kier alpha value is -1.87. The van der Waals surface area contributed by atoms with E-state index in [1.165, 1.54) is 11.3 Å². The molecule has 0 aromatic carbocycles. The number of carboxylic acid groups (broad SMARTS) is 1. The molecule has 1 aliphatic rings. The van der Waals surface area contributed by atoms with Gasteiger partial charge in [-0.15, -0.1) is 11.3 Å². The highest BCUT2D eigenvalue weighted by molar-refractivity contribution is 7.99. The lowest BCUT2D eigenvalue weighted by atomic mass is 9.92. The van der Waals surface area contributed by atoms with Gasteiger partial charge in [0.2, 0.25) is 17.6 Å². The van der Waals surface area contributed by atoms with Crippen LogP contribution < -0.4 is 5.32 Å². The van der Waals surface area contributed by atoms with E-state index in [4.69, 9.17) is 4.52 Å². The number of carboxylic acids is 1. The molecule has 1 aliphatic heterocycles. The van der Waals surface area contributed by atoms with Crippen molar-refractivity contribution in [2.24, 2.45) is 0 Å². The van der Waals surface area contributed by atoms with Gasteiger partial charge in [0.15, 0.2) is 0 Å². The standard InChI is InChI=1S/C16H19N3O4S2/c20-12(18-16(15(21)22)6-9-24-10-7-16)4-1-5-13-17-14(19-23-13)11-3-2-8-25-11/h2-3,8H,1,4-7,9-10H2,(H,18,20)(H,21,22). The molecule has 9 heteroatoms. The number of nitrogens with one attached hydrogen (secondary N) is 1. The molecule has 1 fully saturated rings. The van der Waals surface area contributed by atoms with Crippen molar-refractivity contribution in [3.63, 3.8) is 0 Å². The smallest absolute Gasteiger partial charge is 0.329 e. The molecular weight excluding hydrogens is 362 g/mol. The number of carbonyl (C=O) groups excluding carboxylic acids is 1. The van der Waals surface area contributed by atoms with Gasteiger partial charge in [-0.1, -0.05) is 11.2 Å². The van der Waals surface area contributed by atoms with Crippen LogP contribution in [0.5, 0.6) is 0 Å². The molecule has 134 valence electrons. The number of amides is 1. The second-order valence-electron chi connectivity index (χ2n) is 5.89. The maximum atomic E-state index is 12.2. The van der Waals surface area contributed by atoms with E-state index in [1.54, 1.807) is 11.8 Å². The molecule has 0 unspecified atom stereocenters. The first-order chi connectivity index (χ1) is 12.1. The van der Waals surface area contributed by atoms with Crippen molar-refractivity contribution in [2.45, 2.75) is 37.6 Å². The predicted octanol–water partition coefficient (Wildman–Crippen LogP) is 2.59. The molecule has 2 aromatic heterocycles. The van der Waals surface area contributed by atoms with Gasteiger partial charge < -0.3 is 14.9 Å². The van der Waals surface area contributed by atoms with Gasteiger partial charge in [-0.2, -0.15) is 16.7 Å². The predicted molar refractivity (Wildman–Crippen MR) is 95.6 cm³/mol. The van der Waals surface area contributed by atoms with Gasteiger partial charge in [0.25, 0.3) is 0 Å². The zero-order chi connectivity index (χ0) is 17.7. The van der Waals surface area contributed by atoms with Crippen LogP contribution in [0.1, 0.15) is 31.6 Å². The molecule has 3 rings (SSSR count). The first-order valence-corrected chi connectivity index (χ1v) is 10.1. The van der Waals surface area contributed by atoms with E-state index in [9.17, 15) is 14.7 Å². The van der Waals surface area contributed by atoms with E-state index >= 15 is 0 Å². The number of aliphatic carboxylic acids is 1. The largest absolute Gasteiger partial charge is 0.480 e. The van der Waals surface area contributed by atoms with Gasteiger partial charge in [-0.3, -0.25) is 4.79 Å². The second-order valence-corrected chi connectivity index (χ2v) is 8.06. The lowest BCUT2D eigenvalue weighted by Crippen LogP contribution is -2.56. The van der Waals surface area contributed by atoms with E-state index in [0.717, 1.165) is 16.4 Å². The van der Waals surface area contributed by atoms with Gasteiger partial charge in [-0.25, -0.2) is 4.79 Å². The Morgan fingerprint density at radius 3 is 2.84 bits per heavy atom. The average molecular weight is 381 g/mol. The minimum absolute atomic E-state index is 0.235. The summed E-state index contributed by atoms with van der Waals surface area (Å²) < 4.78 is 5.20. The molecule has 0 saturated carbocycles. The third kappa shape index (κ3) is 4.40. The lowest BCUT2D eigenvalue weighted by molar-refractivity contribution is -0.148. The summed E-state index contributed by atoms with van der Waals surface area (Å²) in [6, 6.07) is 3.84. The lowest BCUT2D eigenvalue weighted by Gasteiger charge is -2.33. The monoisotopic (exact) mass is 381 g/mol. The Bertz CT molecular complexity index is 724. The van der Waals surface area contributed by atoms with Crippen LogP contribution in [0.3, 0.4) is 0 Å². The minimum atomic E-state index is -1.11. The molecule has 0 aliphatic carbocycles. The van der Waals surface area contributed by atoms with Crippen LogP contribution >= 0.6 is 23.1 Å². The van der Waals surface area contributed by atoms with Crippen molar-refractivity contribution in [3.8, 4) is 10.7 Å². The summed E-state index contributed by atoms with van der Waals surface area (Å²) in [5.41, 5.74) is -1.11. The highest BCUT2D eigenvalue weighted by Crippen LogP contribution is 2.27. The summed E-state index contributed by atoms with van der Waals surface area (Å²) >= 11 is 3.25. The Labute approximate surface area is 153 Å². The highest BCUT2D eigenvalue weighted by atomic mass is 32.2. The normalized spacial score (nSPS) is 16.5. The quantitative estimate of drug-likeness (QED) is 0.759. The SMILES string of the molecule is O=C(CCCc1nc(-c2cccs2)no1)NC1(C(=O)O)CCSCC1. The molecule has 3 heterocycles. The molecule has 0 bridgehead atoms. The van der Waals surface area contributed by atoms with Gasteiger partial charge in [0.05, 0.1) is 4.88 Å². The van der Waals surface area contributed by atoms with E-state index < -0.39 is 11.5 Å². The van der Waals surface area contributed by atoms with Crippen LogP contribution in [0.15, 0.2) is 22.0 Å². The fourth-order valence-corrected chi connectivity index (χ4v) is 4.54. The van der Waals surface area contributed by atoms with Crippen LogP contribution in [0.2, 0.25) is 0 Å². The number of thioether (sulfide) groups is 1. The molecule has 25 heavy (non-hydrogen) atoms. The van der Waals surface area contributed by atoms with E-state index in [1.807, 2.05) is 17.5 Å². The molecule has 2 N–H and O–H groups in total. The van der Waals surface area contributed by atoms with E-state index in [0.29, 0.717) is 37.4 Å². The summed E-state index contributed by atoms with van der Waals surface area (Å²) in [6.07, 6.45) is 2.18. The van der Waals surface area contributed by atoms with E-state index in [-0.39, 0.29) is 12.3 Å². The Kier molecular flexibility index (Phi) is 5.74. The van der Waals surface area contributed by atoms with Gasteiger partial charge in [-0.05, 0) is 42.2 Å². The molecule has 2 aromatic rings. The third-order valence-corrected chi connectivity index (χ3v) is 5.99. The zero-order valence-electron chi connectivity index (χ0n) is 13.6. The number of nitrogens with zero attached hydrogens (tertiary/aromatic N) is 2. The summed E-state index contributed by atoms with van der Waals surface area (Å²) in [6.45, 7) is 0. The number of rotatable bonds is 7. The topological polar surface area (TPSA) is 105 Å². The maximum Gasteiger partial charge on any atom is 0.329 e. The van der Waals surface area contributed by atoms with Crippen molar-refractivity contribution in [1.82, 2.24) is 15.5 Å². The summed E-state index contributed by atoms with van der Waals surface area (Å²) in [7, 11) is 0. The van der Waals surface area contributed by atoms with Crippen molar-refractivity contribution < 1.29 is 19.2 Å². The Morgan fingerprint density at radius 1 is 1.36 bits per heavy atom. The van der Waals surface area contributed by atoms with Gasteiger partial charge in [0, 0.05) is 12.8 Å². The van der Waals surface area contributed by atoms with Crippen molar-refractivity contribution in [2.75, 3.05) is 11.5 Å². The maximum absolute atomic E-state index is 12.2. The van der Waals surface area contributed by atoms with Crippen LogP contribution in [0.4, 0.5) is 0 Å². The summed E-state index contributed by atoms with van der Waals surface area (Å²) in [4.78, 5) is 29.0.